The highest BCUT2D eigenvalue weighted by Crippen LogP contribution is 2.32. The first-order valence-electron chi connectivity index (χ1n) is 11.6. The molecule has 33 heavy (non-hydrogen) atoms. The molecule has 8 heteroatoms. The van der Waals surface area contributed by atoms with E-state index in [2.05, 4.69) is 10.2 Å². The highest BCUT2D eigenvalue weighted by atomic mass is 19.1. The van der Waals surface area contributed by atoms with Gasteiger partial charge in [-0.3, -0.25) is 14.5 Å². The first-order valence-corrected chi connectivity index (χ1v) is 11.6. The fourth-order valence-electron chi connectivity index (χ4n) is 5.03. The molecule has 0 unspecified atom stereocenters. The summed E-state index contributed by atoms with van der Waals surface area (Å²) < 4.78 is 13.2. The number of fused-ring (bicyclic) bond motifs is 1. The van der Waals surface area contributed by atoms with E-state index in [1.807, 2.05) is 0 Å². The highest BCUT2D eigenvalue weighted by Gasteiger charge is 2.40. The van der Waals surface area contributed by atoms with Crippen LogP contribution < -0.4 is 10.2 Å². The number of rotatable bonds is 3. The second-order valence-corrected chi connectivity index (χ2v) is 8.91. The van der Waals surface area contributed by atoms with Gasteiger partial charge in [0.25, 0.3) is 11.8 Å². The van der Waals surface area contributed by atoms with E-state index in [4.69, 9.17) is 0 Å². The second-order valence-electron chi connectivity index (χ2n) is 8.91. The van der Waals surface area contributed by atoms with Crippen molar-refractivity contribution in [1.29, 1.82) is 0 Å². The van der Waals surface area contributed by atoms with Gasteiger partial charge in [-0.1, -0.05) is 19.3 Å². The predicted octanol–water partition coefficient (Wildman–Crippen LogP) is 4.11. The van der Waals surface area contributed by atoms with Gasteiger partial charge in [0.15, 0.2) is 0 Å². The quantitative estimate of drug-likeness (QED) is 0.715. The minimum atomic E-state index is -0.270. The maximum Gasteiger partial charge on any atom is 0.321 e. The average Bonchev–Trinajstić information content (AvgIpc) is 3.09. The minimum absolute atomic E-state index is 0.0263. The lowest BCUT2D eigenvalue weighted by atomic mass is 9.94. The molecule has 172 valence electrons. The molecule has 2 aliphatic heterocycles. The van der Waals surface area contributed by atoms with E-state index in [9.17, 15) is 18.8 Å². The summed E-state index contributed by atoms with van der Waals surface area (Å²) in [5.41, 5.74) is 2.22. The summed E-state index contributed by atoms with van der Waals surface area (Å²) in [6.07, 6.45) is 4.94. The maximum atomic E-state index is 13.2. The molecule has 1 saturated carbocycles. The van der Waals surface area contributed by atoms with Crippen LogP contribution in [0.25, 0.3) is 0 Å². The third-order valence-electron chi connectivity index (χ3n) is 6.87. The molecule has 2 heterocycles. The molecule has 3 aliphatic rings. The lowest BCUT2D eigenvalue weighted by Gasteiger charge is -2.36. The van der Waals surface area contributed by atoms with Crippen LogP contribution in [0.5, 0.6) is 0 Å². The Morgan fingerprint density at radius 1 is 0.848 bits per heavy atom. The van der Waals surface area contributed by atoms with Crippen LogP contribution in [0.4, 0.5) is 20.6 Å². The van der Waals surface area contributed by atoms with E-state index in [1.165, 1.54) is 17.0 Å². The standard InChI is InChI=1S/C25H27FN4O3/c26-17-6-9-19(10-7-17)28-12-14-29(15-13-28)25(33)27-18-8-11-21-22(16-18)24(32)30(23(21)31)20-4-2-1-3-5-20/h6-11,16,20H,1-5,12-15H2,(H,27,33). The Balaban J connectivity index is 1.22. The average molecular weight is 451 g/mol. The molecular formula is C25H27FN4O3. The summed E-state index contributed by atoms with van der Waals surface area (Å²) >= 11 is 0. The second kappa shape index (κ2) is 8.84. The molecule has 0 radical (unpaired) electrons. The van der Waals surface area contributed by atoms with Crippen LogP contribution >= 0.6 is 0 Å². The first kappa shape index (κ1) is 21.4. The molecule has 2 fully saturated rings. The topological polar surface area (TPSA) is 73.0 Å². The van der Waals surface area contributed by atoms with Crippen molar-refractivity contribution in [3.05, 3.63) is 59.4 Å². The van der Waals surface area contributed by atoms with E-state index in [0.717, 1.165) is 37.8 Å². The summed E-state index contributed by atoms with van der Waals surface area (Å²) in [5, 5.41) is 2.87. The fourth-order valence-corrected chi connectivity index (χ4v) is 5.03. The molecule has 0 atom stereocenters. The molecule has 7 nitrogen and oxygen atoms in total. The number of hydrogen-bond acceptors (Lipinski definition) is 4. The number of nitrogens with one attached hydrogen (secondary N) is 1. The minimum Gasteiger partial charge on any atom is -0.368 e. The number of carbonyl (C=O) groups is 3. The monoisotopic (exact) mass is 450 g/mol. The van der Waals surface area contributed by atoms with Gasteiger partial charge in [0.05, 0.1) is 11.1 Å². The summed E-state index contributed by atoms with van der Waals surface area (Å²) in [4.78, 5) is 43.9. The first-order chi connectivity index (χ1) is 16.0. The summed E-state index contributed by atoms with van der Waals surface area (Å²) in [6.45, 7) is 2.35. The summed E-state index contributed by atoms with van der Waals surface area (Å²) in [7, 11) is 0. The molecule has 5 rings (SSSR count). The zero-order chi connectivity index (χ0) is 22.9. The molecule has 0 aromatic heterocycles. The fraction of sp³-hybridized carbons (Fsp3) is 0.400. The Morgan fingerprint density at radius 3 is 2.21 bits per heavy atom. The Kier molecular flexibility index (Phi) is 5.74. The molecule has 4 amide bonds. The lowest BCUT2D eigenvalue weighted by molar-refractivity contribution is 0.0549. The molecule has 0 spiro atoms. The van der Waals surface area contributed by atoms with Crippen LogP contribution in [0.2, 0.25) is 0 Å². The maximum absolute atomic E-state index is 13.2. The molecular weight excluding hydrogens is 423 g/mol. The smallest absolute Gasteiger partial charge is 0.321 e. The predicted molar refractivity (Wildman–Crippen MR) is 123 cm³/mol. The van der Waals surface area contributed by atoms with Crippen molar-refractivity contribution in [2.75, 3.05) is 36.4 Å². The number of nitrogens with zero attached hydrogens (tertiary/aromatic N) is 3. The Labute approximate surface area is 192 Å². The number of imide groups is 1. The van der Waals surface area contributed by atoms with E-state index in [0.29, 0.717) is 43.0 Å². The van der Waals surface area contributed by atoms with Crippen LogP contribution in [0.1, 0.15) is 52.8 Å². The lowest BCUT2D eigenvalue weighted by Crippen LogP contribution is -2.50. The number of hydrogen-bond donors (Lipinski definition) is 1. The van der Waals surface area contributed by atoms with E-state index >= 15 is 0 Å². The number of benzene rings is 2. The van der Waals surface area contributed by atoms with Gasteiger partial charge in [-0.2, -0.15) is 0 Å². The number of urea groups is 1. The molecule has 0 bridgehead atoms. The van der Waals surface area contributed by atoms with Crippen molar-refractivity contribution < 1.29 is 18.8 Å². The van der Waals surface area contributed by atoms with Crippen LogP contribution in [0.15, 0.2) is 42.5 Å². The molecule has 2 aromatic carbocycles. The van der Waals surface area contributed by atoms with E-state index in [1.54, 1.807) is 35.2 Å². The van der Waals surface area contributed by atoms with Crippen molar-refractivity contribution >= 4 is 29.2 Å². The Hall–Kier alpha value is -3.42. The van der Waals surface area contributed by atoms with E-state index < -0.39 is 0 Å². The van der Waals surface area contributed by atoms with Crippen molar-refractivity contribution in [1.82, 2.24) is 9.80 Å². The normalized spacial score (nSPS) is 19.1. The molecule has 1 N–H and O–H groups in total. The van der Waals surface area contributed by atoms with Crippen molar-refractivity contribution in [2.45, 2.75) is 38.1 Å². The van der Waals surface area contributed by atoms with Gasteiger partial charge in [0.2, 0.25) is 0 Å². The summed E-state index contributed by atoms with van der Waals surface area (Å²) in [6, 6.07) is 11.0. The highest BCUT2D eigenvalue weighted by molar-refractivity contribution is 6.22. The van der Waals surface area contributed by atoms with Gasteiger partial charge in [0, 0.05) is 43.6 Å². The third-order valence-corrected chi connectivity index (χ3v) is 6.87. The van der Waals surface area contributed by atoms with Crippen LogP contribution in [0.3, 0.4) is 0 Å². The molecule has 1 saturated heterocycles. The van der Waals surface area contributed by atoms with Gasteiger partial charge < -0.3 is 15.1 Å². The third kappa shape index (κ3) is 4.17. The van der Waals surface area contributed by atoms with Gasteiger partial charge >= 0.3 is 6.03 Å². The zero-order valence-corrected chi connectivity index (χ0v) is 18.4. The number of amides is 4. The molecule has 1 aliphatic carbocycles. The van der Waals surface area contributed by atoms with E-state index in [-0.39, 0.29) is 29.7 Å². The van der Waals surface area contributed by atoms with Crippen LogP contribution in [-0.4, -0.2) is 59.9 Å². The molecule has 2 aromatic rings. The van der Waals surface area contributed by atoms with Crippen molar-refractivity contribution in [3.63, 3.8) is 0 Å². The van der Waals surface area contributed by atoms with Crippen LogP contribution in [-0.2, 0) is 0 Å². The van der Waals surface area contributed by atoms with Gasteiger partial charge in [-0.05, 0) is 55.3 Å². The number of halogens is 1. The van der Waals surface area contributed by atoms with Crippen molar-refractivity contribution in [2.24, 2.45) is 0 Å². The Bertz CT molecular complexity index is 1070. The van der Waals surface area contributed by atoms with Gasteiger partial charge in [-0.15, -0.1) is 0 Å². The SMILES string of the molecule is O=C(Nc1ccc2c(c1)C(=O)N(C1CCCCC1)C2=O)N1CCN(c2ccc(F)cc2)CC1. The van der Waals surface area contributed by atoms with Crippen molar-refractivity contribution in [3.8, 4) is 0 Å². The largest absolute Gasteiger partial charge is 0.368 e. The van der Waals surface area contributed by atoms with Crippen LogP contribution in [0, 0.1) is 5.82 Å². The number of anilines is 2. The van der Waals surface area contributed by atoms with Gasteiger partial charge in [-0.25, -0.2) is 9.18 Å². The van der Waals surface area contributed by atoms with Gasteiger partial charge in [0.1, 0.15) is 5.82 Å². The number of carbonyl (C=O) groups excluding carboxylic acids is 3. The zero-order valence-electron chi connectivity index (χ0n) is 18.4. The Morgan fingerprint density at radius 2 is 1.52 bits per heavy atom. The number of piperazine rings is 1. The summed E-state index contributed by atoms with van der Waals surface area (Å²) in [5.74, 6) is -0.754.